The van der Waals surface area contributed by atoms with Crippen molar-refractivity contribution in [1.29, 1.82) is 0 Å². The number of hydrogen-bond donors (Lipinski definition) is 0. The van der Waals surface area contributed by atoms with Crippen LogP contribution in [0.1, 0.15) is 37.4 Å². The Hall–Kier alpha value is -5.12. The molecule has 6 rings (SSSR count). The molecule has 1 aliphatic heterocycles. The molecule has 0 amide bonds. The van der Waals surface area contributed by atoms with E-state index in [0.29, 0.717) is 11.1 Å². The molecule has 0 aromatic heterocycles. The van der Waals surface area contributed by atoms with Crippen LogP contribution in [0, 0.1) is 0 Å². The molecule has 5 aromatic carbocycles. The van der Waals surface area contributed by atoms with Gasteiger partial charge < -0.3 is 28.4 Å². The Labute approximate surface area is 286 Å². The summed E-state index contributed by atoms with van der Waals surface area (Å²) in [6.45, 7) is 0.636. The van der Waals surface area contributed by atoms with Crippen LogP contribution in [0.3, 0.4) is 0 Å². The lowest BCUT2D eigenvalue weighted by Gasteiger charge is -2.45. The number of benzene rings is 5. The van der Waals surface area contributed by atoms with E-state index in [2.05, 4.69) is 0 Å². The van der Waals surface area contributed by atoms with Crippen LogP contribution in [0.5, 0.6) is 0 Å². The minimum atomic E-state index is -1.23. The second kappa shape index (κ2) is 17.3. The number of carbonyl (C=O) groups excluding carboxylic acids is 2. The first kappa shape index (κ1) is 33.8. The molecule has 1 aliphatic rings. The van der Waals surface area contributed by atoms with Crippen LogP contribution in [0.25, 0.3) is 0 Å². The molecule has 0 bridgehead atoms. The third-order valence-electron chi connectivity index (χ3n) is 8.04. The molecular weight excluding hydrogens is 620 g/mol. The molecule has 5 aromatic rings. The van der Waals surface area contributed by atoms with Gasteiger partial charge in [0.25, 0.3) is 0 Å². The van der Waals surface area contributed by atoms with Gasteiger partial charge in [-0.25, -0.2) is 9.59 Å². The maximum atomic E-state index is 13.6. The summed E-state index contributed by atoms with van der Waals surface area (Å²) in [7, 11) is 0. The van der Waals surface area contributed by atoms with Crippen molar-refractivity contribution in [3.05, 3.63) is 179 Å². The number of carbonyl (C=O) groups is 2. The Morgan fingerprint density at radius 2 is 0.878 bits per heavy atom. The smallest absolute Gasteiger partial charge is 0.340 e. The van der Waals surface area contributed by atoms with E-state index >= 15 is 0 Å². The van der Waals surface area contributed by atoms with Gasteiger partial charge in [0.05, 0.1) is 37.6 Å². The molecular formula is C41H38O8. The van der Waals surface area contributed by atoms with Gasteiger partial charge in [-0.05, 0) is 41.0 Å². The summed E-state index contributed by atoms with van der Waals surface area (Å²) in [5.41, 5.74) is 3.48. The average Bonchev–Trinajstić information content (AvgIpc) is 3.16. The molecule has 1 heterocycles. The van der Waals surface area contributed by atoms with E-state index < -0.39 is 42.6 Å². The molecule has 0 aliphatic carbocycles. The van der Waals surface area contributed by atoms with Gasteiger partial charge in [0.2, 0.25) is 6.29 Å². The number of esters is 2. The summed E-state index contributed by atoms with van der Waals surface area (Å²) in [4.78, 5) is 27.1. The summed E-state index contributed by atoms with van der Waals surface area (Å²) in [5, 5.41) is 0. The van der Waals surface area contributed by atoms with Crippen molar-refractivity contribution >= 4 is 11.9 Å². The second-order valence-electron chi connectivity index (χ2n) is 11.6. The van der Waals surface area contributed by atoms with E-state index in [1.54, 1.807) is 48.5 Å². The Morgan fingerprint density at radius 1 is 0.469 bits per heavy atom. The second-order valence-corrected chi connectivity index (χ2v) is 11.6. The Balaban J connectivity index is 1.34. The van der Waals surface area contributed by atoms with Crippen LogP contribution < -0.4 is 0 Å². The van der Waals surface area contributed by atoms with Crippen molar-refractivity contribution in [2.75, 3.05) is 6.61 Å². The zero-order valence-corrected chi connectivity index (χ0v) is 26.9. The van der Waals surface area contributed by atoms with Gasteiger partial charge in [-0.2, -0.15) is 0 Å². The highest BCUT2D eigenvalue weighted by Crippen LogP contribution is 2.32. The molecule has 0 spiro atoms. The lowest BCUT2D eigenvalue weighted by atomic mass is 9.97. The third-order valence-corrected chi connectivity index (χ3v) is 8.04. The molecule has 0 N–H and O–H groups in total. The Kier molecular flexibility index (Phi) is 11.9. The Morgan fingerprint density at radius 3 is 1.37 bits per heavy atom. The minimum Gasteiger partial charge on any atom is -0.453 e. The van der Waals surface area contributed by atoms with Crippen molar-refractivity contribution < 1.29 is 38.0 Å². The van der Waals surface area contributed by atoms with Gasteiger partial charge in [-0.3, -0.25) is 0 Å². The van der Waals surface area contributed by atoms with Gasteiger partial charge >= 0.3 is 11.9 Å². The monoisotopic (exact) mass is 658 g/mol. The van der Waals surface area contributed by atoms with Gasteiger partial charge in [0.1, 0.15) is 12.2 Å². The van der Waals surface area contributed by atoms with E-state index in [1.807, 2.05) is 103 Å². The molecule has 1 fully saturated rings. The molecule has 0 saturated carbocycles. The first-order valence-electron chi connectivity index (χ1n) is 16.2. The van der Waals surface area contributed by atoms with Crippen LogP contribution in [0.2, 0.25) is 0 Å². The van der Waals surface area contributed by atoms with Crippen LogP contribution >= 0.6 is 0 Å². The summed E-state index contributed by atoms with van der Waals surface area (Å²) in [5.74, 6) is -1.15. The van der Waals surface area contributed by atoms with Crippen LogP contribution in [-0.2, 0) is 48.2 Å². The van der Waals surface area contributed by atoms with Crippen LogP contribution in [-0.4, -0.2) is 49.3 Å². The normalized spacial score (nSPS) is 20.3. The molecule has 8 heteroatoms. The average molecular weight is 659 g/mol. The SMILES string of the molecule is O=C(O[C@@H]1O[C@H](COCc2ccccc2)[C@H](OC(=O)c2ccccc2)[C@H](OCc2ccccc2)[C@H]1OCc1ccccc1)c1ccccc1. The lowest BCUT2D eigenvalue weighted by molar-refractivity contribution is -0.307. The van der Waals surface area contributed by atoms with E-state index in [1.165, 1.54) is 0 Å². The topological polar surface area (TPSA) is 89.5 Å². The fourth-order valence-corrected chi connectivity index (χ4v) is 5.53. The summed E-state index contributed by atoms with van der Waals surface area (Å²) >= 11 is 0. The quantitative estimate of drug-likeness (QED) is 0.116. The predicted molar refractivity (Wildman–Crippen MR) is 182 cm³/mol. The third kappa shape index (κ3) is 9.49. The van der Waals surface area contributed by atoms with Gasteiger partial charge in [-0.15, -0.1) is 0 Å². The zero-order valence-electron chi connectivity index (χ0n) is 26.9. The maximum Gasteiger partial charge on any atom is 0.340 e. The number of hydrogen-bond acceptors (Lipinski definition) is 8. The highest BCUT2D eigenvalue weighted by molar-refractivity contribution is 5.90. The van der Waals surface area contributed by atoms with E-state index in [-0.39, 0.29) is 26.4 Å². The van der Waals surface area contributed by atoms with E-state index in [4.69, 9.17) is 28.4 Å². The maximum absolute atomic E-state index is 13.6. The van der Waals surface area contributed by atoms with Gasteiger partial charge in [-0.1, -0.05) is 127 Å². The lowest BCUT2D eigenvalue weighted by Crippen LogP contribution is -2.62. The standard InChI is InChI=1S/C41H38O8/c42-39(33-22-12-4-13-23-33)48-36-35(29-44-26-30-16-6-1-7-17-30)47-41(49-40(43)34-24-14-5-15-25-34)38(46-28-32-20-10-3-11-21-32)37(36)45-27-31-18-8-2-9-19-31/h1-25,35-38,41H,26-29H2/t35-,36+,37+,38-,41+/m1/s1. The fourth-order valence-electron chi connectivity index (χ4n) is 5.53. The molecule has 8 nitrogen and oxygen atoms in total. The molecule has 0 radical (unpaired) electrons. The van der Waals surface area contributed by atoms with E-state index in [0.717, 1.165) is 16.7 Å². The number of rotatable bonds is 14. The molecule has 1 saturated heterocycles. The highest BCUT2D eigenvalue weighted by Gasteiger charge is 2.51. The van der Waals surface area contributed by atoms with Crippen LogP contribution in [0.15, 0.2) is 152 Å². The number of ether oxygens (including phenoxy) is 6. The first-order chi connectivity index (χ1) is 24.1. The minimum absolute atomic E-state index is 0.0115. The molecule has 250 valence electrons. The van der Waals surface area contributed by atoms with Crippen molar-refractivity contribution in [2.24, 2.45) is 0 Å². The fraction of sp³-hybridized carbons (Fsp3) is 0.220. The first-order valence-corrected chi connectivity index (χ1v) is 16.2. The zero-order chi connectivity index (χ0) is 33.7. The van der Waals surface area contributed by atoms with Crippen LogP contribution in [0.4, 0.5) is 0 Å². The van der Waals surface area contributed by atoms with Crippen molar-refractivity contribution in [1.82, 2.24) is 0 Å². The van der Waals surface area contributed by atoms with Crippen molar-refractivity contribution in [3.8, 4) is 0 Å². The van der Waals surface area contributed by atoms with Crippen molar-refractivity contribution in [2.45, 2.75) is 50.5 Å². The molecule has 0 unspecified atom stereocenters. The molecule has 49 heavy (non-hydrogen) atoms. The van der Waals surface area contributed by atoms with E-state index in [9.17, 15) is 9.59 Å². The molecule has 5 atom stereocenters. The van der Waals surface area contributed by atoms with Gasteiger partial charge in [0, 0.05) is 0 Å². The summed E-state index contributed by atoms with van der Waals surface area (Å²) in [6.07, 6.45) is -5.03. The van der Waals surface area contributed by atoms with Crippen molar-refractivity contribution in [3.63, 3.8) is 0 Å². The largest absolute Gasteiger partial charge is 0.453 e. The predicted octanol–water partition coefficient (Wildman–Crippen LogP) is 7.18. The Bertz CT molecular complexity index is 1720. The summed E-state index contributed by atoms with van der Waals surface area (Å²) < 4.78 is 38.0. The van der Waals surface area contributed by atoms with Gasteiger partial charge in [0.15, 0.2) is 12.2 Å². The highest BCUT2D eigenvalue weighted by atomic mass is 16.7. The summed E-state index contributed by atoms with van der Waals surface area (Å²) in [6, 6.07) is 46.4.